The Bertz CT molecular complexity index is 934. The molecule has 2 heterocycles. The summed E-state index contributed by atoms with van der Waals surface area (Å²) in [5.41, 5.74) is 1.83. The third-order valence-corrected chi connectivity index (χ3v) is 3.99. The third kappa shape index (κ3) is 2.92. The summed E-state index contributed by atoms with van der Waals surface area (Å²) in [6.07, 6.45) is 0.188. The van der Waals surface area contributed by atoms with E-state index in [0.29, 0.717) is 10.7 Å². The van der Waals surface area contributed by atoms with Gasteiger partial charge in [-0.15, -0.1) is 0 Å². The highest BCUT2D eigenvalue weighted by Crippen LogP contribution is 2.27. The summed E-state index contributed by atoms with van der Waals surface area (Å²) in [6, 6.07) is 8.71. The van der Waals surface area contributed by atoms with Crippen molar-refractivity contribution >= 4 is 23.2 Å². The molecule has 0 amide bonds. The number of aromatic hydroxyl groups is 1. The van der Waals surface area contributed by atoms with E-state index in [-0.39, 0.29) is 29.5 Å². The Balaban J connectivity index is 2.19. The van der Waals surface area contributed by atoms with Gasteiger partial charge in [-0.2, -0.15) is 9.61 Å². The topological polar surface area (TPSA) is 87.7 Å². The van der Waals surface area contributed by atoms with Crippen LogP contribution in [0.3, 0.4) is 0 Å². The van der Waals surface area contributed by atoms with Crippen LogP contribution in [0.2, 0.25) is 5.02 Å². The number of carboxylic acids is 1. The Morgan fingerprint density at radius 2 is 2.08 bits per heavy atom. The molecule has 0 fully saturated rings. The molecule has 0 radical (unpaired) electrons. The van der Waals surface area contributed by atoms with E-state index in [0.717, 1.165) is 11.3 Å². The van der Waals surface area contributed by atoms with Crippen molar-refractivity contribution in [3.63, 3.8) is 0 Å². The third-order valence-electron chi connectivity index (χ3n) is 3.76. The van der Waals surface area contributed by atoms with Gasteiger partial charge in [0.1, 0.15) is 0 Å². The van der Waals surface area contributed by atoms with Crippen LogP contribution >= 0.6 is 11.6 Å². The van der Waals surface area contributed by atoms with E-state index in [1.54, 1.807) is 24.3 Å². The first-order chi connectivity index (χ1) is 11.4. The monoisotopic (exact) mass is 345 g/mol. The fourth-order valence-corrected chi connectivity index (χ4v) is 2.73. The van der Waals surface area contributed by atoms with Gasteiger partial charge in [0.15, 0.2) is 11.3 Å². The number of hydrogen-bond donors (Lipinski definition) is 2. The second kappa shape index (κ2) is 6.13. The number of rotatable bonds is 4. The number of fused-ring (bicyclic) bond motifs is 1. The quantitative estimate of drug-likeness (QED) is 0.755. The zero-order valence-corrected chi connectivity index (χ0v) is 13.9. The van der Waals surface area contributed by atoms with E-state index in [1.807, 2.05) is 19.9 Å². The first-order valence-corrected chi connectivity index (χ1v) is 7.84. The largest absolute Gasteiger partial charge is 0.493 e. The second-order valence-corrected chi connectivity index (χ2v) is 6.30. The maximum atomic E-state index is 11.6. The van der Waals surface area contributed by atoms with Crippen molar-refractivity contribution < 1.29 is 15.0 Å². The summed E-state index contributed by atoms with van der Waals surface area (Å²) in [5, 5.41) is 24.9. The van der Waals surface area contributed by atoms with Crippen LogP contribution < -0.4 is 0 Å². The minimum atomic E-state index is -1.20. The number of halogens is 1. The molecule has 1 aromatic carbocycles. The summed E-state index contributed by atoms with van der Waals surface area (Å²) >= 11 is 5.97. The van der Waals surface area contributed by atoms with Gasteiger partial charge >= 0.3 is 5.97 Å². The van der Waals surface area contributed by atoms with E-state index in [4.69, 9.17) is 11.6 Å². The van der Waals surface area contributed by atoms with Gasteiger partial charge < -0.3 is 10.2 Å². The standard InChI is InChI=1S/C17H16ClN3O3/c1-9(2)13-8-14-19-15(17(23)24)12(16(22)21(14)20-13)7-10-4-3-5-11(18)6-10/h3-6,8-9,22H,7H2,1-2H3,(H,23,24). The highest BCUT2D eigenvalue weighted by Gasteiger charge is 2.22. The number of benzene rings is 1. The van der Waals surface area contributed by atoms with E-state index in [2.05, 4.69) is 10.1 Å². The summed E-state index contributed by atoms with van der Waals surface area (Å²) in [7, 11) is 0. The van der Waals surface area contributed by atoms with E-state index < -0.39 is 5.97 Å². The first-order valence-electron chi connectivity index (χ1n) is 7.46. The molecular formula is C17H16ClN3O3. The summed E-state index contributed by atoms with van der Waals surface area (Å²) in [5.74, 6) is -1.28. The molecule has 2 aromatic heterocycles. The summed E-state index contributed by atoms with van der Waals surface area (Å²) < 4.78 is 1.28. The van der Waals surface area contributed by atoms with Gasteiger partial charge in [-0.25, -0.2) is 9.78 Å². The molecule has 3 rings (SSSR count). The van der Waals surface area contributed by atoms with Crippen LogP contribution in [0.4, 0.5) is 0 Å². The average molecular weight is 346 g/mol. The van der Waals surface area contributed by atoms with Crippen molar-refractivity contribution in [3.8, 4) is 5.88 Å². The first kappa shape index (κ1) is 16.3. The van der Waals surface area contributed by atoms with E-state index >= 15 is 0 Å². The Hall–Kier alpha value is -2.60. The zero-order valence-electron chi connectivity index (χ0n) is 13.2. The number of carbonyl (C=O) groups is 1. The van der Waals surface area contributed by atoms with Crippen LogP contribution in [0.1, 0.15) is 47.1 Å². The predicted octanol–water partition coefficient (Wildman–Crippen LogP) is 3.50. The van der Waals surface area contributed by atoms with E-state index in [1.165, 1.54) is 4.52 Å². The highest BCUT2D eigenvalue weighted by molar-refractivity contribution is 6.30. The van der Waals surface area contributed by atoms with Crippen molar-refractivity contribution in [1.82, 2.24) is 14.6 Å². The molecular weight excluding hydrogens is 330 g/mol. The molecule has 0 aliphatic rings. The van der Waals surface area contributed by atoms with Crippen LogP contribution in [-0.2, 0) is 6.42 Å². The normalized spacial score (nSPS) is 11.3. The molecule has 0 unspecified atom stereocenters. The fourth-order valence-electron chi connectivity index (χ4n) is 2.51. The lowest BCUT2D eigenvalue weighted by Crippen LogP contribution is -2.10. The lowest BCUT2D eigenvalue weighted by atomic mass is 10.0. The van der Waals surface area contributed by atoms with Gasteiger partial charge in [0.05, 0.1) is 11.3 Å². The molecule has 0 aliphatic carbocycles. The van der Waals surface area contributed by atoms with Gasteiger partial charge in [0, 0.05) is 17.5 Å². The molecule has 0 atom stereocenters. The van der Waals surface area contributed by atoms with Gasteiger partial charge in [0.2, 0.25) is 5.88 Å². The Kier molecular flexibility index (Phi) is 4.15. The molecule has 0 saturated carbocycles. The highest BCUT2D eigenvalue weighted by atomic mass is 35.5. The van der Waals surface area contributed by atoms with Crippen molar-refractivity contribution in [1.29, 1.82) is 0 Å². The smallest absolute Gasteiger partial charge is 0.355 e. The maximum Gasteiger partial charge on any atom is 0.355 e. The molecule has 0 aliphatic heterocycles. The molecule has 7 heteroatoms. The molecule has 24 heavy (non-hydrogen) atoms. The lowest BCUT2D eigenvalue weighted by molar-refractivity contribution is 0.0688. The molecule has 0 bridgehead atoms. The Labute approximate surface area is 143 Å². The lowest BCUT2D eigenvalue weighted by Gasteiger charge is -2.10. The number of carboxylic acid groups (broad SMARTS) is 1. The molecule has 0 saturated heterocycles. The van der Waals surface area contributed by atoms with Gasteiger partial charge in [-0.1, -0.05) is 37.6 Å². The van der Waals surface area contributed by atoms with Crippen LogP contribution in [0.5, 0.6) is 5.88 Å². The van der Waals surface area contributed by atoms with Crippen molar-refractivity contribution in [3.05, 3.63) is 57.9 Å². The molecule has 3 aromatic rings. The average Bonchev–Trinajstić information content (AvgIpc) is 2.94. The number of aromatic carboxylic acids is 1. The van der Waals surface area contributed by atoms with Gasteiger partial charge in [-0.05, 0) is 23.6 Å². The fraction of sp³-hybridized carbons (Fsp3) is 0.235. The predicted molar refractivity (Wildman–Crippen MR) is 90.0 cm³/mol. The van der Waals surface area contributed by atoms with Gasteiger partial charge in [-0.3, -0.25) is 0 Å². The second-order valence-electron chi connectivity index (χ2n) is 5.87. The number of hydrogen-bond acceptors (Lipinski definition) is 4. The Morgan fingerprint density at radius 1 is 1.33 bits per heavy atom. The molecule has 0 spiro atoms. The van der Waals surface area contributed by atoms with Crippen LogP contribution in [0.15, 0.2) is 30.3 Å². The van der Waals surface area contributed by atoms with E-state index in [9.17, 15) is 15.0 Å². The van der Waals surface area contributed by atoms with Crippen LogP contribution in [0.25, 0.3) is 5.65 Å². The van der Waals surface area contributed by atoms with Gasteiger partial charge in [0.25, 0.3) is 0 Å². The van der Waals surface area contributed by atoms with Crippen molar-refractivity contribution in [2.45, 2.75) is 26.2 Å². The molecule has 2 N–H and O–H groups in total. The minimum absolute atomic E-state index is 0.135. The molecule has 6 nitrogen and oxygen atoms in total. The van der Waals surface area contributed by atoms with Crippen LogP contribution in [0, 0.1) is 0 Å². The summed E-state index contributed by atoms with van der Waals surface area (Å²) in [6.45, 7) is 3.92. The van der Waals surface area contributed by atoms with Crippen molar-refractivity contribution in [2.75, 3.05) is 0 Å². The number of nitrogens with zero attached hydrogens (tertiary/aromatic N) is 3. The molecule has 124 valence electrons. The minimum Gasteiger partial charge on any atom is -0.493 e. The van der Waals surface area contributed by atoms with Crippen LogP contribution in [-0.4, -0.2) is 30.8 Å². The zero-order chi connectivity index (χ0) is 17.4. The number of aromatic nitrogens is 3. The maximum absolute atomic E-state index is 11.6. The Morgan fingerprint density at radius 3 is 2.71 bits per heavy atom. The SMILES string of the molecule is CC(C)c1cc2nc(C(=O)O)c(Cc3cccc(Cl)c3)c(O)n2n1. The van der Waals surface area contributed by atoms with Crippen molar-refractivity contribution in [2.24, 2.45) is 0 Å². The summed E-state index contributed by atoms with van der Waals surface area (Å²) in [4.78, 5) is 15.8.